The molecule has 0 saturated carbocycles. The molecule has 0 spiro atoms. The van der Waals surface area contributed by atoms with E-state index in [9.17, 15) is 19.7 Å². The van der Waals surface area contributed by atoms with E-state index in [0.29, 0.717) is 10.7 Å². The highest BCUT2D eigenvalue weighted by Crippen LogP contribution is 2.24. The normalized spacial score (nSPS) is 10.2. The van der Waals surface area contributed by atoms with Gasteiger partial charge in [0.25, 0.3) is 5.69 Å². The molecule has 2 aromatic carbocycles. The van der Waals surface area contributed by atoms with Gasteiger partial charge in [0.05, 0.1) is 11.5 Å². The van der Waals surface area contributed by atoms with E-state index in [1.165, 1.54) is 12.1 Å². The topological polar surface area (TPSA) is 122 Å². The van der Waals surface area contributed by atoms with Crippen LogP contribution in [-0.2, 0) is 6.54 Å². The number of carbonyl (C=O) groups is 2. The van der Waals surface area contributed by atoms with E-state index < -0.39 is 28.2 Å². The number of aryl methyl sites for hydroxylation is 1. The second kappa shape index (κ2) is 7.63. The number of hydrogen-bond donors (Lipinski definition) is 3. The van der Waals surface area contributed by atoms with Crippen molar-refractivity contribution in [2.75, 3.05) is 5.32 Å². The predicted octanol–water partition coefficient (Wildman–Crippen LogP) is 3.58. The summed E-state index contributed by atoms with van der Waals surface area (Å²) in [6.07, 6.45) is 0. The van der Waals surface area contributed by atoms with Crippen molar-refractivity contribution in [2.45, 2.75) is 13.5 Å². The Morgan fingerprint density at radius 1 is 1.28 bits per heavy atom. The van der Waals surface area contributed by atoms with E-state index in [2.05, 4.69) is 10.6 Å². The average molecular weight is 364 g/mol. The highest BCUT2D eigenvalue weighted by molar-refractivity contribution is 6.31. The number of amides is 2. The van der Waals surface area contributed by atoms with Crippen molar-refractivity contribution in [1.82, 2.24) is 5.32 Å². The van der Waals surface area contributed by atoms with Crippen molar-refractivity contribution >= 4 is 35.0 Å². The molecule has 25 heavy (non-hydrogen) atoms. The molecular formula is C16H14ClN3O5. The van der Waals surface area contributed by atoms with E-state index >= 15 is 0 Å². The monoisotopic (exact) mass is 363 g/mol. The number of halogens is 1. The maximum absolute atomic E-state index is 11.9. The van der Waals surface area contributed by atoms with Gasteiger partial charge in [-0.1, -0.05) is 29.8 Å². The molecule has 2 amide bonds. The molecule has 130 valence electrons. The maximum atomic E-state index is 11.9. The number of para-hydroxylation sites is 1. The molecular weight excluding hydrogens is 350 g/mol. The third-order valence-corrected chi connectivity index (χ3v) is 3.81. The van der Waals surface area contributed by atoms with Crippen molar-refractivity contribution in [3.63, 3.8) is 0 Å². The van der Waals surface area contributed by atoms with Gasteiger partial charge in [-0.2, -0.15) is 0 Å². The molecule has 0 radical (unpaired) electrons. The van der Waals surface area contributed by atoms with Gasteiger partial charge in [0.1, 0.15) is 5.56 Å². The first-order chi connectivity index (χ1) is 11.8. The Hall–Kier alpha value is -3.13. The first kappa shape index (κ1) is 18.2. The minimum atomic E-state index is -1.41. The number of carboxylic acids is 1. The second-order valence-corrected chi connectivity index (χ2v) is 5.55. The number of nitro groups is 1. The van der Waals surface area contributed by atoms with E-state index in [1.807, 2.05) is 6.92 Å². The third-order valence-electron chi connectivity index (χ3n) is 3.40. The lowest BCUT2D eigenvalue weighted by atomic mass is 10.1. The highest BCUT2D eigenvalue weighted by atomic mass is 35.5. The molecule has 0 saturated heterocycles. The number of carboxylic acid groups (broad SMARTS) is 1. The molecule has 0 bridgehead atoms. The first-order valence-corrected chi connectivity index (χ1v) is 7.48. The number of aromatic carboxylic acids is 1. The van der Waals surface area contributed by atoms with E-state index in [-0.39, 0.29) is 12.1 Å². The van der Waals surface area contributed by atoms with Crippen LogP contribution in [0, 0.1) is 17.0 Å². The molecule has 2 rings (SSSR count). The van der Waals surface area contributed by atoms with Gasteiger partial charge in [-0.3, -0.25) is 10.1 Å². The smallest absolute Gasteiger partial charge is 0.342 e. The summed E-state index contributed by atoms with van der Waals surface area (Å²) >= 11 is 5.97. The summed E-state index contributed by atoms with van der Waals surface area (Å²) in [5.41, 5.74) is 0.418. The number of anilines is 1. The van der Waals surface area contributed by atoms with Crippen LogP contribution in [0.2, 0.25) is 5.02 Å². The van der Waals surface area contributed by atoms with Gasteiger partial charge in [0, 0.05) is 16.3 Å². The molecule has 0 heterocycles. The van der Waals surface area contributed by atoms with Gasteiger partial charge in [0.15, 0.2) is 0 Å². The van der Waals surface area contributed by atoms with Crippen LogP contribution in [-0.4, -0.2) is 22.0 Å². The minimum absolute atomic E-state index is 0.0852. The number of benzene rings is 2. The van der Waals surface area contributed by atoms with Crippen LogP contribution in [0.5, 0.6) is 0 Å². The molecule has 0 unspecified atom stereocenters. The van der Waals surface area contributed by atoms with Gasteiger partial charge in [-0.05, 0) is 30.7 Å². The molecule has 2 aromatic rings. The number of rotatable bonds is 5. The molecule has 0 fully saturated rings. The number of urea groups is 1. The van der Waals surface area contributed by atoms with E-state index in [1.54, 1.807) is 18.2 Å². The Morgan fingerprint density at radius 2 is 2.00 bits per heavy atom. The Balaban J connectivity index is 2.11. The quantitative estimate of drug-likeness (QED) is 0.553. The zero-order chi connectivity index (χ0) is 18.6. The minimum Gasteiger partial charge on any atom is -0.477 e. The summed E-state index contributed by atoms with van der Waals surface area (Å²) in [4.78, 5) is 33.4. The highest BCUT2D eigenvalue weighted by Gasteiger charge is 2.24. The Kier molecular flexibility index (Phi) is 5.56. The summed E-state index contributed by atoms with van der Waals surface area (Å²) in [5, 5.41) is 25.7. The molecule has 8 nitrogen and oxygen atoms in total. The fraction of sp³-hybridized carbons (Fsp3) is 0.125. The number of nitrogens with one attached hydrogen (secondary N) is 2. The van der Waals surface area contributed by atoms with Crippen molar-refractivity contribution in [1.29, 1.82) is 0 Å². The van der Waals surface area contributed by atoms with Crippen LogP contribution in [0.3, 0.4) is 0 Å². The van der Waals surface area contributed by atoms with Crippen LogP contribution in [0.25, 0.3) is 0 Å². The molecule has 0 atom stereocenters. The summed E-state index contributed by atoms with van der Waals surface area (Å²) in [6, 6.07) is 8.27. The summed E-state index contributed by atoms with van der Waals surface area (Å²) < 4.78 is 0. The van der Waals surface area contributed by atoms with Gasteiger partial charge in [0.2, 0.25) is 0 Å². The van der Waals surface area contributed by atoms with E-state index in [4.69, 9.17) is 16.7 Å². The Bertz CT molecular complexity index is 854. The summed E-state index contributed by atoms with van der Waals surface area (Å²) in [5.74, 6) is -1.41. The van der Waals surface area contributed by atoms with Crippen LogP contribution >= 0.6 is 11.6 Å². The molecule has 9 heteroatoms. The first-order valence-electron chi connectivity index (χ1n) is 7.10. The largest absolute Gasteiger partial charge is 0.477 e. The van der Waals surface area contributed by atoms with Gasteiger partial charge in [-0.25, -0.2) is 9.59 Å². The van der Waals surface area contributed by atoms with Gasteiger partial charge < -0.3 is 15.7 Å². The number of nitrogens with zero attached hydrogens (tertiary/aromatic N) is 1. The third kappa shape index (κ3) is 4.45. The molecule has 3 N–H and O–H groups in total. The molecule has 0 aliphatic rings. The molecule has 0 aliphatic carbocycles. The Labute approximate surface area is 147 Å². The standard InChI is InChI=1S/C16H14ClN3O5/c1-9-5-6-11(7-13(9)17)19-16(23)18-8-10-3-2-4-12(15(21)22)14(10)20(24)25/h2-7H,8H2,1H3,(H,21,22)(H2,18,19,23). The van der Waals surface area contributed by atoms with Crippen LogP contribution < -0.4 is 10.6 Å². The molecule has 0 aromatic heterocycles. The fourth-order valence-electron chi connectivity index (χ4n) is 2.14. The maximum Gasteiger partial charge on any atom is 0.342 e. The second-order valence-electron chi connectivity index (χ2n) is 5.15. The van der Waals surface area contributed by atoms with Crippen molar-refractivity contribution < 1.29 is 19.6 Å². The van der Waals surface area contributed by atoms with Crippen molar-refractivity contribution in [3.8, 4) is 0 Å². The van der Waals surface area contributed by atoms with Crippen LogP contribution in [0.15, 0.2) is 36.4 Å². The van der Waals surface area contributed by atoms with Crippen LogP contribution in [0.1, 0.15) is 21.5 Å². The number of carbonyl (C=O) groups excluding carboxylic acids is 1. The summed E-state index contributed by atoms with van der Waals surface area (Å²) in [6.45, 7) is 1.61. The van der Waals surface area contributed by atoms with Crippen LogP contribution in [0.4, 0.5) is 16.2 Å². The SMILES string of the molecule is Cc1ccc(NC(=O)NCc2cccc(C(=O)O)c2[N+](=O)[O-])cc1Cl. The van der Waals surface area contributed by atoms with Crippen molar-refractivity contribution in [3.05, 3.63) is 68.2 Å². The van der Waals surface area contributed by atoms with Gasteiger partial charge >= 0.3 is 12.0 Å². The average Bonchev–Trinajstić information content (AvgIpc) is 2.55. The lowest BCUT2D eigenvalue weighted by Gasteiger charge is -2.10. The zero-order valence-corrected chi connectivity index (χ0v) is 13.8. The Morgan fingerprint density at radius 3 is 2.60 bits per heavy atom. The van der Waals surface area contributed by atoms with E-state index in [0.717, 1.165) is 11.6 Å². The lowest BCUT2D eigenvalue weighted by Crippen LogP contribution is -2.28. The fourth-order valence-corrected chi connectivity index (χ4v) is 2.32. The predicted molar refractivity (Wildman–Crippen MR) is 92.1 cm³/mol. The van der Waals surface area contributed by atoms with Crippen molar-refractivity contribution in [2.24, 2.45) is 0 Å². The summed E-state index contributed by atoms with van der Waals surface area (Å²) in [7, 11) is 0. The van der Waals surface area contributed by atoms with Gasteiger partial charge in [-0.15, -0.1) is 0 Å². The number of hydrogen-bond acceptors (Lipinski definition) is 4. The lowest BCUT2D eigenvalue weighted by molar-refractivity contribution is -0.385. The number of nitro benzene ring substituents is 1. The molecule has 0 aliphatic heterocycles. The zero-order valence-electron chi connectivity index (χ0n) is 13.1.